The topological polar surface area (TPSA) is 32.3 Å². The SMILES string of the molecule is O=C(c1cc(F)ccc1-c1cccc(C(F)(F)F)c1)N1CCNCC1. The number of benzene rings is 2. The average Bonchev–Trinajstić information content (AvgIpc) is 2.61. The lowest BCUT2D eigenvalue weighted by Gasteiger charge is -2.28. The Kier molecular flexibility index (Phi) is 4.76. The van der Waals surface area contributed by atoms with E-state index in [4.69, 9.17) is 0 Å². The normalized spacial score (nSPS) is 15.3. The van der Waals surface area contributed by atoms with Crippen molar-refractivity contribution in [2.24, 2.45) is 0 Å². The van der Waals surface area contributed by atoms with Gasteiger partial charge in [-0.25, -0.2) is 4.39 Å². The van der Waals surface area contributed by atoms with E-state index in [1.165, 1.54) is 18.2 Å². The van der Waals surface area contributed by atoms with Crippen molar-refractivity contribution in [3.63, 3.8) is 0 Å². The van der Waals surface area contributed by atoms with Crippen molar-refractivity contribution in [2.45, 2.75) is 6.18 Å². The first-order valence-electron chi connectivity index (χ1n) is 7.83. The third-order valence-electron chi connectivity index (χ3n) is 4.12. The Morgan fingerprint density at radius 3 is 2.44 bits per heavy atom. The van der Waals surface area contributed by atoms with Crippen LogP contribution in [0.1, 0.15) is 15.9 Å². The minimum Gasteiger partial charge on any atom is -0.336 e. The summed E-state index contributed by atoms with van der Waals surface area (Å²) in [6, 6.07) is 8.27. The molecule has 0 spiro atoms. The van der Waals surface area contributed by atoms with Crippen LogP contribution in [-0.2, 0) is 6.18 Å². The molecule has 1 heterocycles. The van der Waals surface area contributed by atoms with Crippen molar-refractivity contribution >= 4 is 5.91 Å². The molecule has 25 heavy (non-hydrogen) atoms. The molecule has 0 bridgehead atoms. The van der Waals surface area contributed by atoms with Crippen molar-refractivity contribution in [1.82, 2.24) is 10.2 Å². The monoisotopic (exact) mass is 352 g/mol. The van der Waals surface area contributed by atoms with Crippen molar-refractivity contribution in [3.05, 3.63) is 59.4 Å². The van der Waals surface area contributed by atoms with Crippen molar-refractivity contribution in [1.29, 1.82) is 0 Å². The van der Waals surface area contributed by atoms with E-state index in [0.717, 1.165) is 24.3 Å². The number of nitrogens with one attached hydrogen (secondary N) is 1. The highest BCUT2D eigenvalue weighted by Crippen LogP contribution is 2.33. The lowest BCUT2D eigenvalue weighted by atomic mass is 9.96. The zero-order valence-electron chi connectivity index (χ0n) is 13.2. The Morgan fingerprint density at radius 1 is 1.04 bits per heavy atom. The summed E-state index contributed by atoms with van der Waals surface area (Å²) in [6.45, 7) is 2.19. The Labute approximate surface area is 142 Å². The number of nitrogens with zero attached hydrogens (tertiary/aromatic N) is 1. The predicted octanol–water partition coefficient (Wildman–Crippen LogP) is 3.56. The van der Waals surface area contributed by atoms with E-state index in [1.54, 1.807) is 4.90 Å². The Balaban J connectivity index is 2.04. The fraction of sp³-hybridized carbons (Fsp3) is 0.278. The van der Waals surface area contributed by atoms with Gasteiger partial charge >= 0.3 is 6.18 Å². The molecule has 0 saturated carbocycles. The molecule has 1 fully saturated rings. The number of rotatable bonds is 2. The van der Waals surface area contributed by atoms with Gasteiger partial charge in [-0.1, -0.05) is 18.2 Å². The van der Waals surface area contributed by atoms with E-state index in [1.807, 2.05) is 0 Å². The highest BCUT2D eigenvalue weighted by atomic mass is 19.4. The van der Waals surface area contributed by atoms with Gasteiger partial charge in [0, 0.05) is 26.2 Å². The molecule has 0 aromatic heterocycles. The largest absolute Gasteiger partial charge is 0.416 e. The van der Waals surface area contributed by atoms with Crippen LogP contribution in [0.25, 0.3) is 11.1 Å². The molecule has 1 N–H and O–H groups in total. The van der Waals surface area contributed by atoms with Crippen molar-refractivity contribution in [3.8, 4) is 11.1 Å². The van der Waals surface area contributed by atoms with Crippen LogP contribution in [0.5, 0.6) is 0 Å². The maximum Gasteiger partial charge on any atom is 0.416 e. The number of hydrogen-bond donors (Lipinski definition) is 1. The Hall–Kier alpha value is -2.41. The highest BCUT2D eigenvalue weighted by molar-refractivity contribution is 6.01. The molecule has 1 aliphatic rings. The van der Waals surface area contributed by atoms with E-state index >= 15 is 0 Å². The molecule has 2 aromatic carbocycles. The maximum atomic E-state index is 13.7. The van der Waals surface area contributed by atoms with Crippen LogP contribution in [0.3, 0.4) is 0 Å². The van der Waals surface area contributed by atoms with Gasteiger partial charge in [0.25, 0.3) is 5.91 Å². The van der Waals surface area contributed by atoms with Gasteiger partial charge in [-0.3, -0.25) is 4.79 Å². The Morgan fingerprint density at radius 2 is 1.76 bits per heavy atom. The first-order chi connectivity index (χ1) is 11.9. The number of piperazine rings is 1. The van der Waals surface area contributed by atoms with Crippen LogP contribution in [0, 0.1) is 5.82 Å². The summed E-state index contributed by atoms with van der Waals surface area (Å²) in [7, 11) is 0. The number of carbonyl (C=O) groups is 1. The van der Waals surface area contributed by atoms with Gasteiger partial charge in [0.1, 0.15) is 5.82 Å². The van der Waals surface area contributed by atoms with Crippen LogP contribution in [0.2, 0.25) is 0 Å². The first kappa shape index (κ1) is 17.4. The summed E-state index contributed by atoms with van der Waals surface area (Å²) in [5.74, 6) is -0.984. The summed E-state index contributed by atoms with van der Waals surface area (Å²) in [6.07, 6.45) is -4.49. The summed E-state index contributed by atoms with van der Waals surface area (Å²) >= 11 is 0. The first-order valence-corrected chi connectivity index (χ1v) is 7.83. The molecule has 3 rings (SSSR count). The van der Waals surface area contributed by atoms with Gasteiger partial charge < -0.3 is 10.2 Å². The van der Waals surface area contributed by atoms with E-state index in [0.29, 0.717) is 26.2 Å². The predicted molar refractivity (Wildman–Crippen MR) is 85.6 cm³/mol. The number of amides is 1. The lowest BCUT2D eigenvalue weighted by Crippen LogP contribution is -2.46. The van der Waals surface area contributed by atoms with Gasteiger partial charge in [0.2, 0.25) is 0 Å². The number of carbonyl (C=O) groups excluding carboxylic acids is 1. The van der Waals surface area contributed by atoms with Crippen LogP contribution in [0.4, 0.5) is 17.6 Å². The minimum atomic E-state index is -4.49. The van der Waals surface area contributed by atoms with Gasteiger partial charge in [-0.15, -0.1) is 0 Å². The summed E-state index contributed by atoms with van der Waals surface area (Å²) in [5, 5.41) is 3.11. The van der Waals surface area contributed by atoms with E-state index in [-0.39, 0.29) is 22.6 Å². The van der Waals surface area contributed by atoms with E-state index < -0.39 is 17.6 Å². The van der Waals surface area contributed by atoms with Gasteiger partial charge in [-0.2, -0.15) is 13.2 Å². The van der Waals surface area contributed by atoms with E-state index in [2.05, 4.69) is 5.32 Å². The lowest BCUT2D eigenvalue weighted by molar-refractivity contribution is -0.137. The van der Waals surface area contributed by atoms with Crippen LogP contribution in [0.15, 0.2) is 42.5 Å². The molecule has 1 saturated heterocycles. The summed E-state index contributed by atoms with van der Waals surface area (Å²) < 4.78 is 52.6. The number of hydrogen-bond acceptors (Lipinski definition) is 2. The molecule has 7 heteroatoms. The fourth-order valence-corrected chi connectivity index (χ4v) is 2.85. The van der Waals surface area contributed by atoms with Gasteiger partial charge in [0.05, 0.1) is 11.1 Å². The zero-order valence-corrected chi connectivity index (χ0v) is 13.2. The van der Waals surface area contributed by atoms with Gasteiger partial charge in [-0.05, 0) is 35.4 Å². The number of halogens is 4. The summed E-state index contributed by atoms with van der Waals surface area (Å²) in [5.41, 5.74) is -0.222. The van der Waals surface area contributed by atoms with Crippen LogP contribution < -0.4 is 5.32 Å². The fourth-order valence-electron chi connectivity index (χ4n) is 2.85. The minimum absolute atomic E-state index is 0.0706. The molecular formula is C18H16F4N2O. The molecule has 0 atom stereocenters. The molecule has 1 amide bonds. The standard InChI is InChI=1S/C18H16F4N2O/c19-14-4-5-15(12-2-1-3-13(10-12)18(20,21)22)16(11-14)17(25)24-8-6-23-7-9-24/h1-5,10-11,23H,6-9H2. The zero-order chi connectivity index (χ0) is 18.0. The molecule has 0 radical (unpaired) electrons. The van der Waals surface area contributed by atoms with Crippen molar-refractivity contribution < 1.29 is 22.4 Å². The molecule has 0 aliphatic carbocycles. The Bertz CT molecular complexity index is 783. The van der Waals surface area contributed by atoms with Gasteiger partial charge in [0.15, 0.2) is 0 Å². The number of alkyl halides is 3. The quantitative estimate of drug-likeness (QED) is 0.839. The van der Waals surface area contributed by atoms with Crippen LogP contribution in [-0.4, -0.2) is 37.0 Å². The average molecular weight is 352 g/mol. The second-order valence-corrected chi connectivity index (χ2v) is 5.81. The maximum absolute atomic E-state index is 13.7. The molecule has 132 valence electrons. The smallest absolute Gasteiger partial charge is 0.336 e. The molecule has 0 unspecified atom stereocenters. The third-order valence-corrected chi connectivity index (χ3v) is 4.12. The second kappa shape index (κ2) is 6.84. The highest BCUT2D eigenvalue weighted by Gasteiger charge is 2.31. The van der Waals surface area contributed by atoms with Crippen molar-refractivity contribution in [2.75, 3.05) is 26.2 Å². The molecule has 1 aliphatic heterocycles. The van der Waals surface area contributed by atoms with Crippen LogP contribution >= 0.6 is 0 Å². The third kappa shape index (κ3) is 3.82. The summed E-state index contributed by atoms with van der Waals surface area (Å²) in [4.78, 5) is 14.3. The molecule has 3 nitrogen and oxygen atoms in total. The van der Waals surface area contributed by atoms with E-state index in [9.17, 15) is 22.4 Å². The second-order valence-electron chi connectivity index (χ2n) is 5.81. The molecule has 2 aromatic rings. The molecular weight excluding hydrogens is 336 g/mol.